The predicted molar refractivity (Wildman–Crippen MR) is 121 cm³/mol. The van der Waals surface area contributed by atoms with Crippen LogP contribution in [0, 0.1) is 0 Å². The normalized spacial score (nSPS) is 16.0. The van der Waals surface area contributed by atoms with Gasteiger partial charge in [0.25, 0.3) is 0 Å². The van der Waals surface area contributed by atoms with Gasteiger partial charge in [-0.25, -0.2) is 18.8 Å². The number of ether oxygens (including phenoxy) is 2. The molecule has 0 saturated carbocycles. The fourth-order valence-electron chi connectivity index (χ4n) is 4.12. The number of likely N-dealkylation sites (tertiary alicyclic amines) is 1. The van der Waals surface area contributed by atoms with Crippen LogP contribution in [0.25, 0.3) is 5.69 Å². The number of para-hydroxylation sites is 2. The number of hydrogen-bond donors (Lipinski definition) is 1. The third-order valence-corrected chi connectivity index (χ3v) is 5.68. The Labute approximate surface area is 186 Å². The SMILES string of the molecule is COc1cccc(NC(=O)N2CCCC(c3nn(C)c(=O)n3-c3ccccc3)C2)c1OC. The molecule has 32 heavy (non-hydrogen) atoms. The van der Waals surface area contributed by atoms with Gasteiger partial charge < -0.3 is 19.7 Å². The number of nitrogens with zero attached hydrogens (tertiary/aromatic N) is 4. The molecule has 1 aliphatic rings. The first-order valence-electron chi connectivity index (χ1n) is 10.5. The highest BCUT2D eigenvalue weighted by atomic mass is 16.5. The van der Waals surface area contributed by atoms with Gasteiger partial charge in [0.15, 0.2) is 11.5 Å². The molecule has 4 rings (SSSR count). The highest BCUT2D eigenvalue weighted by Gasteiger charge is 2.30. The van der Waals surface area contributed by atoms with Crippen LogP contribution in [0.2, 0.25) is 0 Å². The Morgan fingerprint density at radius 2 is 1.88 bits per heavy atom. The lowest BCUT2D eigenvalue weighted by Crippen LogP contribution is -2.42. The Hall–Kier alpha value is -3.75. The summed E-state index contributed by atoms with van der Waals surface area (Å²) in [6.45, 7) is 1.08. The number of anilines is 1. The molecule has 9 heteroatoms. The zero-order chi connectivity index (χ0) is 22.7. The Balaban J connectivity index is 1.57. The Morgan fingerprint density at radius 1 is 1.09 bits per heavy atom. The molecule has 3 aromatic rings. The van der Waals surface area contributed by atoms with E-state index in [1.54, 1.807) is 41.8 Å². The lowest BCUT2D eigenvalue weighted by Gasteiger charge is -2.32. The third-order valence-electron chi connectivity index (χ3n) is 5.68. The number of methoxy groups -OCH3 is 2. The van der Waals surface area contributed by atoms with E-state index in [0.717, 1.165) is 18.5 Å². The Kier molecular flexibility index (Phi) is 6.16. The minimum Gasteiger partial charge on any atom is -0.493 e. The van der Waals surface area contributed by atoms with Crippen LogP contribution in [0.1, 0.15) is 24.6 Å². The number of rotatable bonds is 5. The molecule has 168 valence electrons. The van der Waals surface area contributed by atoms with Crippen LogP contribution in [-0.4, -0.2) is 52.6 Å². The summed E-state index contributed by atoms with van der Waals surface area (Å²) in [5, 5.41) is 7.44. The monoisotopic (exact) mass is 437 g/mol. The fourth-order valence-corrected chi connectivity index (χ4v) is 4.12. The lowest BCUT2D eigenvalue weighted by molar-refractivity contribution is 0.191. The molecule has 0 spiro atoms. The van der Waals surface area contributed by atoms with Crippen LogP contribution >= 0.6 is 0 Å². The first-order chi connectivity index (χ1) is 15.5. The molecule has 1 N–H and O–H groups in total. The van der Waals surface area contributed by atoms with Crippen molar-refractivity contribution in [3.05, 3.63) is 64.8 Å². The van der Waals surface area contributed by atoms with Crippen LogP contribution in [-0.2, 0) is 7.05 Å². The summed E-state index contributed by atoms with van der Waals surface area (Å²) < 4.78 is 13.7. The standard InChI is InChI=1S/C23H27N5O4/c1-26-23(30)28(17-10-5-4-6-11-17)21(25-26)16-9-8-14-27(15-16)22(29)24-18-12-7-13-19(31-2)20(18)32-3/h4-7,10-13,16H,8-9,14-15H2,1-3H3,(H,24,29). The molecule has 2 heterocycles. The van der Waals surface area contributed by atoms with Gasteiger partial charge in [0.05, 0.1) is 25.6 Å². The average Bonchev–Trinajstić information content (AvgIpc) is 3.13. The first-order valence-corrected chi connectivity index (χ1v) is 10.5. The number of urea groups is 1. The molecule has 1 saturated heterocycles. The first kappa shape index (κ1) is 21.5. The van der Waals surface area contributed by atoms with Crippen LogP contribution < -0.4 is 20.5 Å². The molecular weight excluding hydrogens is 410 g/mol. The van der Waals surface area contributed by atoms with Gasteiger partial charge in [0.2, 0.25) is 0 Å². The molecule has 2 amide bonds. The number of hydrogen-bond acceptors (Lipinski definition) is 5. The van der Waals surface area contributed by atoms with Crippen LogP contribution in [0.5, 0.6) is 11.5 Å². The number of piperidine rings is 1. The molecule has 1 aliphatic heterocycles. The second-order valence-electron chi connectivity index (χ2n) is 7.69. The molecule has 9 nitrogen and oxygen atoms in total. The van der Waals surface area contributed by atoms with E-state index in [0.29, 0.717) is 36.1 Å². The summed E-state index contributed by atoms with van der Waals surface area (Å²) in [5.41, 5.74) is 1.11. The molecule has 2 aromatic carbocycles. The van der Waals surface area contributed by atoms with Gasteiger partial charge in [-0.05, 0) is 37.1 Å². The average molecular weight is 438 g/mol. The number of benzene rings is 2. The molecule has 1 atom stereocenters. The molecule has 1 unspecified atom stereocenters. The molecular formula is C23H27N5O4. The maximum Gasteiger partial charge on any atom is 0.350 e. The van der Waals surface area contributed by atoms with Gasteiger partial charge >= 0.3 is 11.7 Å². The predicted octanol–water partition coefficient (Wildman–Crippen LogP) is 3.00. The van der Waals surface area contributed by atoms with E-state index < -0.39 is 0 Å². The van der Waals surface area contributed by atoms with Crippen molar-refractivity contribution in [3.8, 4) is 17.2 Å². The van der Waals surface area contributed by atoms with Crippen molar-refractivity contribution in [3.63, 3.8) is 0 Å². The van der Waals surface area contributed by atoms with Crippen LogP contribution in [0.3, 0.4) is 0 Å². The summed E-state index contributed by atoms with van der Waals surface area (Å²) in [4.78, 5) is 27.6. The van der Waals surface area contributed by atoms with E-state index in [4.69, 9.17) is 9.47 Å². The van der Waals surface area contributed by atoms with Gasteiger partial charge in [-0.2, -0.15) is 5.10 Å². The summed E-state index contributed by atoms with van der Waals surface area (Å²) in [6, 6.07) is 14.6. The molecule has 0 bridgehead atoms. The maximum atomic E-state index is 13.1. The number of carbonyl (C=O) groups is 1. The molecule has 0 aliphatic carbocycles. The van der Waals surface area contributed by atoms with Crippen molar-refractivity contribution in [1.82, 2.24) is 19.2 Å². The largest absolute Gasteiger partial charge is 0.493 e. The number of aryl methyl sites for hydroxylation is 1. The van der Waals surface area contributed by atoms with E-state index in [2.05, 4.69) is 10.4 Å². The lowest BCUT2D eigenvalue weighted by atomic mass is 9.97. The van der Waals surface area contributed by atoms with Gasteiger partial charge in [0.1, 0.15) is 5.82 Å². The van der Waals surface area contributed by atoms with Gasteiger partial charge in [-0.3, -0.25) is 0 Å². The van der Waals surface area contributed by atoms with Gasteiger partial charge in [0, 0.05) is 26.1 Å². The zero-order valence-corrected chi connectivity index (χ0v) is 18.4. The van der Waals surface area contributed by atoms with E-state index in [9.17, 15) is 9.59 Å². The molecule has 1 aromatic heterocycles. The second kappa shape index (κ2) is 9.17. The van der Waals surface area contributed by atoms with Gasteiger partial charge in [-0.1, -0.05) is 24.3 Å². The number of nitrogens with one attached hydrogen (secondary N) is 1. The van der Waals surface area contributed by atoms with Crippen molar-refractivity contribution in [2.45, 2.75) is 18.8 Å². The van der Waals surface area contributed by atoms with E-state index in [1.165, 1.54) is 11.8 Å². The summed E-state index contributed by atoms with van der Waals surface area (Å²) >= 11 is 0. The third kappa shape index (κ3) is 4.05. The Morgan fingerprint density at radius 3 is 2.59 bits per heavy atom. The second-order valence-corrected chi connectivity index (χ2v) is 7.69. The maximum absolute atomic E-state index is 13.1. The highest BCUT2D eigenvalue weighted by Crippen LogP contribution is 2.35. The fraction of sp³-hybridized carbons (Fsp3) is 0.348. The van der Waals surface area contributed by atoms with Crippen molar-refractivity contribution < 1.29 is 14.3 Å². The topological polar surface area (TPSA) is 90.6 Å². The van der Waals surface area contributed by atoms with E-state index in [1.807, 2.05) is 30.3 Å². The van der Waals surface area contributed by atoms with Crippen molar-refractivity contribution in [2.24, 2.45) is 7.05 Å². The quantitative estimate of drug-likeness (QED) is 0.663. The van der Waals surface area contributed by atoms with Crippen LogP contribution in [0.4, 0.5) is 10.5 Å². The van der Waals surface area contributed by atoms with E-state index in [-0.39, 0.29) is 17.6 Å². The Bertz CT molecular complexity index is 1150. The van der Waals surface area contributed by atoms with Crippen molar-refractivity contribution in [2.75, 3.05) is 32.6 Å². The number of aromatic nitrogens is 3. The highest BCUT2D eigenvalue weighted by molar-refractivity contribution is 5.91. The van der Waals surface area contributed by atoms with Crippen molar-refractivity contribution >= 4 is 11.7 Å². The summed E-state index contributed by atoms with van der Waals surface area (Å²) in [5.74, 6) is 1.62. The summed E-state index contributed by atoms with van der Waals surface area (Å²) in [6.07, 6.45) is 1.66. The number of amides is 2. The number of carbonyl (C=O) groups excluding carboxylic acids is 1. The zero-order valence-electron chi connectivity index (χ0n) is 18.4. The van der Waals surface area contributed by atoms with Crippen LogP contribution in [0.15, 0.2) is 53.3 Å². The molecule has 0 radical (unpaired) electrons. The van der Waals surface area contributed by atoms with Gasteiger partial charge in [-0.15, -0.1) is 0 Å². The smallest absolute Gasteiger partial charge is 0.350 e. The molecule has 1 fully saturated rings. The summed E-state index contributed by atoms with van der Waals surface area (Å²) in [7, 11) is 4.74. The minimum atomic E-state index is -0.231. The minimum absolute atomic E-state index is 0.0594. The van der Waals surface area contributed by atoms with Crippen molar-refractivity contribution in [1.29, 1.82) is 0 Å². The van der Waals surface area contributed by atoms with E-state index >= 15 is 0 Å².